The van der Waals surface area contributed by atoms with Crippen LogP contribution in [0.4, 0.5) is 5.69 Å². The Bertz CT molecular complexity index is 1090. The maximum absolute atomic E-state index is 12.9. The molecule has 0 aliphatic rings. The molecule has 3 rings (SSSR count). The monoisotopic (exact) mass is 368 g/mol. The van der Waals surface area contributed by atoms with E-state index >= 15 is 0 Å². The van der Waals surface area contributed by atoms with Crippen molar-refractivity contribution in [3.63, 3.8) is 0 Å². The van der Waals surface area contributed by atoms with E-state index in [2.05, 4.69) is 4.72 Å². The minimum atomic E-state index is -3.89. The van der Waals surface area contributed by atoms with Crippen molar-refractivity contribution in [2.75, 3.05) is 4.72 Å². The number of carbonyl (C=O) groups excluding carboxylic acids is 1. The highest BCUT2D eigenvalue weighted by Gasteiger charge is 2.18. The van der Waals surface area contributed by atoms with Gasteiger partial charge in [0.05, 0.1) is 10.6 Å². The second-order valence-electron chi connectivity index (χ2n) is 5.48. The number of nitrogens with one attached hydrogen (secondary N) is 2. The average Bonchev–Trinajstić information content (AvgIpc) is 2.66. The molecule has 0 bridgehead atoms. The van der Waals surface area contributed by atoms with E-state index in [9.17, 15) is 13.2 Å². The van der Waals surface area contributed by atoms with E-state index in [0.29, 0.717) is 11.3 Å². The minimum absolute atomic E-state index is 0.0231. The zero-order valence-corrected chi connectivity index (χ0v) is 14.4. The van der Waals surface area contributed by atoms with Gasteiger partial charge in [-0.2, -0.15) is 0 Å². The summed E-state index contributed by atoms with van der Waals surface area (Å²) in [6, 6.07) is 19.1. The van der Waals surface area contributed by atoms with Crippen LogP contribution in [0.15, 0.2) is 77.7 Å². The van der Waals surface area contributed by atoms with E-state index in [1.807, 2.05) is 30.3 Å². The number of sulfonamides is 1. The van der Waals surface area contributed by atoms with Crippen LogP contribution in [0, 0.1) is 0 Å². The SMILES string of the molecule is O=C(C=Cc1ccccc1S(=O)(=O)Nc1cccc2ccccc12)NO. The van der Waals surface area contributed by atoms with Crippen LogP contribution in [0.1, 0.15) is 5.56 Å². The molecule has 6 nitrogen and oxygen atoms in total. The average molecular weight is 368 g/mol. The number of amides is 1. The van der Waals surface area contributed by atoms with Crippen molar-refractivity contribution < 1.29 is 18.4 Å². The van der Waals surface area contributed by atoms with Gasteiger partial charge in [-0.3, -0.25) is 14.7 Å². The fourth-order valence-electron chi connectivity index (χ4n) is 2.58. The van der Waals surface area contributed by atoms with E-state index in [1.54, 1.807) is 30.3 Å². The van der Waals surface area contributed by atoms with Gasteiger partial charge < -0.3 is 0 Å². The first kappa shape index (κ1) is 17.7. The number of benzene rings is 3. The van der Waals surface area contributed by atoms with Gasteiger partial charge in [-0.15, -0.1) is 0 Å². The normalized spacial score (nSPS) is 11.6. The fourth-order valence-corrected chi connectivity index (χ4v) is 3.86. The Balaban J connectivity index is 2.01. The van der Waals surface area contributed by atoms with Gasteiger partial charge >= 0.3 is 0 Å². The van der Waals surface area contributed by atoms with Crippen molar-refractivity contribution in [3.8, 4) is 0 Å². The molecule has 0 atom stereocenters. The van der Waals surface area contributed by atoms with Crippen LogP contribution >= 0.6 is 0 Å². The number of carbonyl (C=O) groups is 1. The zero-order valence-electron chi connectivity index (χ0n) is 13.6. The van der Waals surface area contributed by atoms with E-state index in [1.165, 1.54) is 17.6 Å². The van der Waals surface area contributed by atoms with Crippen LogP contribution in [-0.4, -0.2) is 19.5 Å². The predicted octanol–water partition coefficient (Wildman–Crippen LogP) is 3.16. The quantitative estimate of drug-likeness (QED) is 0.366. The topological polar surface area (TPSA) is 95.5 Å². The molecular weight excluding hydrogens is 352 g/mol. The smallest absolute Gasteiger partial charge is 0.267 e. The van der Waals surface area contributed by atoms with Gasteiger partial charge in [0.25, 0.3) is 15.9 Å². The summed E-state index contributed by atoms with van der Waals surface area (Å²) >= 11 is 0. The first-order valence-electron chi connectivity index (χ1n) is 7.73. The predicted molar refractivity (Wildman–Crippen MR) is 100 cm³/mol. The summed E-state index contributed by atoms with van der Waals surface area (Å²) < 4.78 is 28.4. The first-order valence-corrected chi connectivity index (χ1v) is 9.21. The third-order valence-electron chi connectivity index (χ3n) is 3.77. The van der Waals surface area contributed by atoms with Crippen molar-refractivity contribution in [1.29, 1.82) is 0 Å². The number of hydroxylamine groups is 1. The molecule has 0 saturated heterocycles. The lowest BCUT2D eigenvalue weighted by molar-refractivity contribution is -0.124. The van der Waals surface area contributed by atoms with Gasteiger partial charge in [-0.05, 0) is 29.2 Å². The van der Waals surface area contributed by atoms with Crippen molar-refractivity contribution in [1.82, 2.24) is 5.48 Å². The second-order valence-corrected chi connectivity index (χ2v) is 7.13. The van der Waals surface area contributed by atoms with Gasteiger partial charge in [-0.1, -0.05) is 54.6 Å². The van der Waals surface area contributed by atoms with Gasteiger partial charge in [-0.25, -0.2) is 13.9 Å². The second kappa shape index (κ2) is 7.38. The summed E-state index contributed by atoms with van der Waals surface area (Å²) in [5.74, 6) is -0.751. The lowest BCUT2D eigenvalue weighted by atomic mass is 10.1. The Kier molecular flexibility index (Phi) is 5.01. The molecule has 1 amide bonds. The number of hydrogen-bond donors (Lipinski definition) is 3. The molecule has 132 valence electrons. The van der Waals surface area contributed by atoms with Gasteiger partial charge in [0.15, 0.2) is 0 Å². The van der Waals surface area contributed by atoms with Crippen molar-refractivity contribution in [2.24, 2.45) is 0 Å². The molecule has 0 radical (unpaired) electrons. The summed E-state index contributed by atoms with van der Waals surface area (Å²) in [5, 5.41) is 10.3. The Morgan fingerprint density at radius 2 is 1.62 bits per heavy atom. The molecule has 3 aromatic carbocycles. The third kappa shape index (κ3) is 3.74. The maximum atomic E-state index is 12.9. The van der Waals surface area contributed by atoms with Crippen LogP contribution in [0.25, 0.3) is 16.8 Å². The van der Waals surface area contributed by atoms with E-state index in [-0.39, 0.29) is 4.90 Å². The van der Waals surface area contributed by atoms with Crippen molar-refractivity contribution >= 4 is 38.5 Å². The molecule has 0 saturated carbocycles. The Morgan fingerprint density at radius 1 is 0.923 bits per heavy atom. The van der Waals surface area contributed by atoms with Crippen LogP contribution in [-0.2, 0) is 14.8 Å². The van der Waals surface area contributed by atoms with Gasteiger partial charge in [0.2, 0.25) is 0 Å². The molecule has 0 aromatic heterocycles. The minimum Gasteiger partial charge on any atom is -0.288 e. The highest BCUT2D eigenvalue weighted by atomic mass is 32.2. The molecule has 26 heavy (non-hydrogen) atoms. The summed E-state index contributed by atoms with van der Waals surface area (Å²) in [5.41, 5.74) is 2.25. The molecule has 0 heterocycles. The van der Waals surface area contributed by atoms with E-state index in [4.69, 9.17) is 5.21 Å². The molecular formula is C19H16N2O4S. The Hall–Kier alpha value is -3.16. The fraction of sp³-hybridized carbons (Fsp3) is 0. The summed E-state index contributed by atoms with van der Waals surface area (Å²) in [6.45, 7) is 0. The number of fused-ring (bicyclic) bond motifs is 1. The molecule has 7 heteroatoms. The third-order valence-corrected chi connectivity index (χ3v) is 5.21. The molecule has 0 aliphatic heterocycles. The molecule has 3 N–H and O–H groups in total. The number of hydrogen-bond acceptors (Lipinski definition) is 4. The van der Waals surface area contributed by atoms with E-state index < -0.39 is 15.9 Å². The van der Waals surface area contributed by atoms with Gasteiger partial charge in [0, 0.05) is 11.5 Å². The summed E-state index contributed by atoms with van der Waals surface area (Å²) in [6.07, 6.45) is 2.37. The molecule has 0 aliphatic carbocycles. The first-order chi connectivity index (χ1) is 12.5. The maximum Gasteiger partial charge on any atom is 0.267 e. The molecule has 0 spiro atoms. The lowest BCUT2D eigenvalue weighted by Gasteiger charge is -2.12. The lowest BCUT2D eigenvalue weighted by Crippen LogP contribution is -2.16. The van der Waals surface area contributed by atoms with E-state index in [0.717, 1.165) is 16.8 Å². The largest absolute Gasteiger partial charge is 0.288 e. The van der Waals surface area contributed by atoms with Crippen LogP contribution in [0.2, 0.25) is 0 Å². The summed E-state index contributed by atoms with van der Waals surface area (Å²) in [4.78, 5) is 11.2. The number of rotatable bonds is 5. The summed E-state index contributed by atoms with van der Waals surface area (Å²) in [7, 11) is -3.89. The zero-order chi connectivity index (χ0) is 18.6. The number of anilines is 1. The van der Waals surface area contributed by atoms with Crippen LogP contribution in [0.5, 0.6) is 0 Å². The van der Waals surface area contributed by atoms with Crippen LogP contribution < -0.4 is 10.2 Å². The van der Waals surface area contributed by atoms with Gasteiger partial charge in [0.1, 0.15) is 0 Å². The Labute approximate surface area is 150 Å². The van der Waals surface area contributed by atoms with Crippen molar-refractivity contribution in [3.05, 3.63) is 78.4 Å². The van der Waals surface area contributed by atoms with Crippen LogP contribution in [0.3, 0.4) is 0 Å². The highest BCUT2D eigenvalue weighted by molar-refractivity contribution is 7.92. The highest BCUT2D eigenvalue weighted by Crippen LogP contribution is 2.27. The standard InChI is InChI=1S/C19H16N2O4S/c22-19(20-23)13-12-15-7-2-4-11-18(15)26(24,25)21-17-10-5-8-14-6-1-3-9-16(14)17/h1-13,21,23H,(H,20,22). The Morgan fingerprint density at radius 3 is 2.42 bits per heavy atom. The van der Waals surface area contributed by atoms with Crippen molar-refractivity contribution in [2.45, 2.75) is 4.90 Å². The molecule has 0 fully saturated rings. The molecule has 0 unspecified atom stereocenters. The molecule has 3 aromatic rings.